The van der Waals surface area contributed by atoms with Gasteiger partial charge in [0.25, 0.3) is 5.91 Å². The molecule has 0 saturated carbocycles. The molecule has 2 N–H and O–H groups in total. The number of benzene rings is 1. The molecule has 0 aliphatic carbocycles. The molecule has 1 saturated heterocycles. The van der Waals surface area contributed by atoms with Gasteiger partial charge in [0.05, 0.1) is 7.11 Å². The number of nitrogens with one attached hydrogen (secondary N) is 2. The van der Waals surface area contributed by atoms with Gasteiger partial charge >= 0.3 is 6.03 Å². The lowest BCUT2D eigenvalue weighted by Crippen LogP contribution is -2.43. The second-order valence-corrected chi connectivity index (χ2v) is 8.12. The van der Waals surface area contributed by atoms with Crippen LogP contribution in [-0.4, -0.2) is 42.9 Å². The zero-order chi connectivity index (χ0) is 21.4. The number of carbonyl (C=O) groups is 3. The lowest BCUT2D eigenvalue weighted by molar-refractivity contribution is -0.134. The van der Waals surface area contributed by atoms with Crippen molar-refractivity contribution in [1.29, 1.82) is 0 Å². The van der Waals surface area contributed by atoms with E-state index in [9.17, 15) is 14.4 Å². The van der Waals surface area contributed by atoms with Crippen molar-refractivity contribution in [3.05, 3.63) is 29.8 Å². The fraction of sp³-hybridized carbons (Fsp3) is 0.591. The number of carbonyl (C=O) groups excluding carboxylic acids is 3. The zero-order valence-electron chi connectivity index (χ0n) is 17.9. The number of methoxy groups -OCH3 is 1. The van der Waals surface area contributed by atoms with E-state index in [0.29, 0.717) is 17.9 Å². The number of hydrogen-bond acceptors (Lipinski definition) is 4. The molecule has 0 aromatic heterocycles. The molecular weight excluding hydrogens is 370 g/mol. The average Bonchev–Trinajstić information content (AvgIpc) is 2.91. The van der Waals surface area contributed by atoms with Crippen LogP contribution in [0.15, 0.2) is 24.3 Å². The molecule has 29 heavy (non-hydrogen) atoms. The molecule has 1 aromatic rings. The smallest absolute Gasteiger partial charge is 0.325 e. The van der Waals surface area contributed by atoms with E-state index in [4.69, 9.17) is 4.74 Å². The van der Waals surface area contributed by atoms with E-state index >= 15 is 0 Å². The molecule has 1 aliphatic heterocycles. The molecule has 0 bridgehead atoms. The van der Waals surface area contributed by atoms with E-state index in [2.05, 4.69) is 24.5 Å². The summed E-state index contributed by atoms with van der Waals surface area (Å²) < 4.78 is 5.13. The molecule has 4 amide bonds. The number of nitrogens with zero attached hydrogens (tertiary/aromatic N) is 1. The van der Waals surface area contributed by atoms with Crippen LogP contribution in [0.25, 0.3) is 0 Å². The molecule has 1 atom stereocenters. The van der Waals surface area contributed by atoms with Crippen molar-refractivity contribution in [2.75, 3.05) is 20.2 Å². The van der Waals surface area contributed by atoms with Gasteiger partial charge in [-0.05, 0) is 37.0 Å². The number of imide groups is 1. The van der Waals surface area contributed by atoms with Crippen LogP contribution in [0.2, 0.25) is 0 Å². The van der Waals surface area contributed by atoms with E-state index in [-0.39, 0.29) is 12.5 Å². The van der Waals surface area contributed by atoms with Gasteiger partial charge in [0.2, 0.25) is 5.91 Å². The highest BCUT2D eigenvalue weighted by atomic mass is 16.5. The molecule has 1 aromatic carbocycles. The minimum absolute atomic E-state index is 0.274. The van der Waals surface area contributed by atoms with Crippen LogP contribution in [0.4, 0.5) is 4.79 Å². The predicted molar refractivity (Wildman–Crippen MR) is 112 cm³/mol. The number of unbranched alkanes of at least 4 members (excludes halogenated alkanes) is 3. The highest BCUT2D eigenvalue weighted by Crippen LogP contribution is 2.29. The van der Waals surface area contributed by atoms with Crippen LogP contribution >= 0.6 is 0 Å². The van der Waals surface area contributed by atoms with Gasteiger partial charge in [-0.2, -0.15) is 0 Å². The zero-order valence-corrected chi connectivity index (χ0v) is 17.9. The first kappa shape index (κ1) is 22.7. The van der Waals surface area contributed by atoms with Crippen molar-refractivity contribution >= 4 is 17.8 Å². The van der Waals surface area contributed by atoms with Crippen LogP contribution in [-0.2, 0) is 15.1 Å². The minimum Gasteiger partial charge on any atom is -0.497 e. The molecule has 1 aliphatic rings. The SMILES string of the molecule is COc1ccc(C2(C)NC(=O)N(CC(=O)NCCCCCCC(C)C)C2=O)cc1. The number of rotatable bonds is 11. The van der Waals surface area contributed by atoms with Gasteiger partial charge in [-0.25, -0.2) is 4.79 Å². The lowest BCUT2D eigenvalue weighted by atomic mass is 9.92. The van der Waals surface area contributed by atoms with Gasteiger partial charge in [-0.1, -0.05) is 51.7 Å². The molecule has 160 valence electrons. The first-order valence-corrected chi connectivity index (χ1v) is 10.3. The summed E-state index contributed by atoms with van der Waals surface area (Å²) in [7, 11) is 1.56. The minimum atomic E-state index is -1.19. The fourth-order valence-electron chi connectivity index (χ4n) is 3.42. The summed E-state index contributed by atoms with van der Waals surface area (Å²) in [6.45, 7) is 6.36. The Bertz CT molecular complexity index is 717. The maximum Gasteiger partial charge on any atom is 0.325 e. The molecule has 1 heterocycles. The van der Waals surface area contributed by atoms with Crippen molar-refractivity contribution in [1.82, 2.24) is 15.5 Å². The largest absolute Gasteiger partial charge is 0.497 e. The number of hydrogen-bond donors (Lipinski definition) is 2. The summed E-state index contributed by atoms with van der Waals surface area (Å²) in [5.74, 6) is 0.628. The van der Waals surface area contributed by atoms with Gasteiger partial charge in [-0.15, -0.1) is 0 Å². The van der Waals surface area contributed by atoms with E-state index in [0.717, 1.165) is 30.1 Å². The summed E-state index contributed by atoms with van der Waals surface area (Å²) in [4.78, 5) is 38.4. The fourth-order valence-corrected chi connectivity index (χ4v) is 3.42. The Morgan fingerprint density at radius 2 is 1.79 bits per heavy atom. The van der Waals surface area contributed by atoms with Crippen LogP contribution < -0.4 is 15.4 Å². The van der Waals surface area contributed by atoms with Gasteiger partial charge < -0.3 is 15.4 Å². The summed E-state index contributed by atoms with van der Waals surface area (Å²) >= 11 is 0. The van der Waals surface area contributed by atoms with Gasteiger partial charge in [0, 0.05) is 6.54 Å². The van der Waals surface area contributed by atoms with Gasteiger partial charge in [-0.3, -0.25) is 14.5 Å². The number of urea groups is 1. The van der Waals surface area contributed by atoms with E-state index in [1.54, 1.807) is 38.3 Å². The quantitative estimate of drug-likeness (QED) is 0.439. The first-order valence-electron chi connectivity index (χ1n) is 10.3. The molecular formula is C22H33N3O4. The molecule has 1 fully saturated rings. The molecule has 0 radical (unpaired) electrons. The monoisotopic (exact) mass is 403 g/mol. The van der Waals surface area contributed by atoms with Gasteiger partial charge in [0.15, 0.2) is 0 Å². The van der Waals surface area contributed by atoms with Crippen molar-refractivity contribution in [3.8, 4) is 5.75 Å². The topological polar surface area (TPSA) is 87.7 Å². The van der Waals surface area contributed by atoms with Crippen molar-refractivity contribution in [3.63, 3.8) is 0 Å². The summed E-state index contributed by atoms with van der Waals surface area (Å²) in [5.41, 5.74) is -0.555. The maximum atomic E-state index is 12.9. The third-order valence-electron chi connectivity index (χ3n) is 5.27. The van der Waals surface area contributed by atoms with Crippen molar-refractivity contribution < 1.29 is 19.1 Å². The van der Waals surface area contributed by atoms with E-state index in [1.165, 1.54) is 12.8 Å². The van der Waals surface area contributed by atoms with Crippen LogP contribution in [0.1, 0.15) is 58.4 Å². The normalized spacial score (nSPS) is 18.9. The third kappa shape index (κ3) is 5.95. The Labute approximate surface area is 173 Å². The molecule has 7 heteroatoms. The Morgan fingerprint density at radius 3 is 2.41 bits per heavy atom. The first-order chi connectivity index (χ1) is 13.8. The highest BCUT2D eigenvalue weighted by Gasteiger charge is 2.49. The van der Waals surface area contributed by atoms with E-state index in [1.807, 2.05) is 0 Å². The number of amides is 4. The highest BCUT2D eigenvalue weighted by molar-refractivity contribution is 6.09. The lowest BCUT2D eigenvalue weighted by Gasteiger charge is -2.22. The number of ether oxygens (including phenoxy) is 1. The summed E-state index contributed by atoms with van der Waals surface area (Å²) in [5, 5.41) is 5.51. The predicted octanol–water partition coefficient (Wildman–Crippen LogP) is 3.18. The summed E-state index contributed by atoms with van der Waals surface area (Å²) in [6.07, 6.45) is 5.55. The van der Waals surface area contributed by atoms with Crippen molar-refractivity contribution in [2.45, 2.75) is 58.4 Å². The second kappa shape index (κ2) is 10.3. The standard InChI is InChI=1S/C22H33N3O4/c1-16(2)9-7-5-6-8-14-23-19(26)15-25-20(27)22(3,24-21(25)28)17-10-12-18(29-4)13-11-17/h10-13,16H,5-9,14-15H2,1-4H3,(H,23,26)(H,24,28). The molecule has 1 unspecified atom stereocenters. The Morgan fingerprint density at radius 1 is 1.14 bits per heavy atom. The van der Waals surface area contributed by atoms with Crippen molar-refractivity contribution in [2.24, 2.45) is 5.92 Å². The van der Waals surface area contributed by atoms with Gasteiger partial charge in [0.1, 0.15) is 17.8 Å². The van der Waals surface area contributed by atoms with Crippen LogP contribution in [0.3, 0.4) is 0 Å². The molecule has 0 spiro atoms. The summed E-state index contributed by atoms with van der Waals surface area (Å²) in [6, 6.07) is 6.38. The third-order valence-corrected chi connectivity index (χ3v) is 5.27. The van der Waals surface area contributed by atoms with E-state index < -0.39 is 17.5 Å². The van der Waals surface area contributed by atoms with Crippen LogP contribution in [0, 0.1) is 5.92 Å². The molecule has 7 nitrogen and oxygen atoms in total. The second-order valence-electron chi connectivity index (χ2n) is 8.12. The Kier molecular flexibility index (Phi) is 8.05. The Hall–Kier alpha value is -2.57. The average molecular weight is 404 g/mol. The van der Waals surface area contributed by atoms with Crippen LogP contribution in [0.5, 0.6) is 5.75 Å². The molecule has 2 rings (SSSR count). The Balaban J connectivity index is 1.82. The maximum absolute atomic E-state index is 12.9.